The van der Waals surface area contributed by atoms with Gasteiger partial charge in [0, 0.05) is 31.2 Å². The molecule has 0 aromatic heterocycles. The molecule has 0 heterocycles. The molecule has 0 aliphatic heterocycles. The fourth-order valence-corrected chi connectivity index (χ4v) is 4.22. The van der Waals surface area contributed by atoms with Gasteiger partial charge in [0.15, 0.2) is 0 Å². The molecule has 0 atom stereocenters. The molecule has 0 aliphatic carbocycles. The molecule has 33 heavy (non-hydrogen) atoms. The Balaban J connectivity index is 1.59. The van der Waals surface area contributed by atoms with Crippen LogP contribution in [0.1, 0.15) is 0 Å². The maximum atomic E-state index is 5.95. The third-order valence-electron chi connectivity index (χ3n) is 5.03. The van der Waals surface area contributed by atoms with Crippen LogP contribution in [0.5, 0.6) is 23.0 Å². The highest BCUT2D eigenvalue weighted by Gasteiger charge is 2.16. The van der Waals surface area contributed by atoms with Crippen molar-refractivity contribution < 1.29 is 18.8 Å². The molecule has 165 valence electrons. The van der Waals surface area contributed by atoms with Crippen LogP contribution in [-0.2, 0) is 0 Å². The monoisotopic (exact) mass is 565 g/mol. The van der Waals surface area contributed by atoms with Crippen molar-refractivity contribution in [1.29, 1.82) is 0 Å². The van der Waals surface area contributed by atoms with Gasteiger partial charge in [-0.3, -0.25) is 0 Å². The molecule has 0 spiro atoms. The number of hydrogen-bond donors (Lipinski definition) is 0. The minimum absolute atomic E-state index is 0.645. The Hall–Kier alpha value is -2.90. The zero-order valence-corrected chi connectivity index (χ0v) is 21.2. The average molecular weight is 567 g/mol. The second-order valence-corrected chi connectivity index (χ2v) is 8.84. The summed E-state index contributed by atoms with van der Waals surface area (Å²) in [5.74, 6) is 2.79. The van der Waals surface area contributed by atoms with Gasteiger partial charge in [-0.1, -0.05) is 68.3 Å². The summed E-state index contributed by atoms with van der Waals surface area (Å²) >= 11 is 7.07. The Morgan fingerprint density at radius 3 is 1.36 bits per heavy atom. The summed E-state index contributed by atoms with van der Waals surface area (Å²) in [5.41, 5.74) is 3.60. The van der Waals surface area contributed by atoms with Gasteiger partial charge in [0.25, 0.3) is 0 Å². The molecule has 4 aromatic carbocycles. The summed E-state index contributed by atoms with van der Waals surface area (Å²) in [5, 5.41) is 0. The minimum Gasteiger partial charge on any atom is -0.526 e. The van der Waals surface area contributed by atoms with E-state index in [0.717, 1.165) is 42.7 Å². The molecule has 4 nitrogen and oxygen atoms in total. The third-order valence-corrected chi connectivity index (χ3v) is 6.01. The summed E-state index contributed by atoms with van der Waals surface area (Å²) in [7, 11) is 4.64. The Morgan fingerprint density at radius 1 is 0.515 bits per heavy atom. The van der Waals surface area contributed by atoms with Gasteiger partial charge in [0.05, 0.1) is 14.2 Å². The molecule has 0 N–H and O–H groups in total. The van der Waals surface area contributed by atoms with Crippen molar-refractivity contribution in [3.63, 3.8) is 0 Å². The van der Waals surface area contributed by atoms with Crippen LogP contribution in [0.25, 0.3) is 22.3 Å². The summed E-state index contributed by atoms with van der Waals surface area (Å²) in [6.07, 6.45) is 0. The highest BCUT2D eigenvalue weighted by Crippen LogP contribution is 2.39. The van der Waals surface area contributed by atoms with Gasteiger partial charge >= 0.3 is 7.69 Å². The molecule has 4 rings (SSSR count). The maximum absolute atomic E-state index is 5.95. The Labute approximate surface area is 211 Å². The summed E-state index contributed by atoms with van der Waals surface area (Å²) < 4.78 is 24.9. The van der Waals surface area contributed by atoms with E-state index in [1.165, 1.54) is 7.69 Å². The lowest BCUT2D eigenvalue weighted by atomic mass is 10.0. The van der Waals surface area contributed by atoms with Crippen molar-refractivity contribution in [2.24, 2.45) is 0 Å². The molecule has 0 bridgehead atoms. The van der Waals surface area contributed by atoms with Gasteiger partial charge in [0.2, 0.25) is 0 Å². The average Bonchev–Trinajstić information content (AvgIpc) is 2.84. The van der Waals surface area contributed by atoms with Gasteiger partial charge < -0.3 is 18.8 Å². The molecule has 1 radical (unpaired) electrons. The van der Waals surface area contributed by atoms with Gasteiger partial charge in [-0.25, -0.2) is 0 Å². The van der Waals surface area contributed by atoms with Crippen LogP contribution in [0.15, 0.2) is 93.9 Å². The standard InChI is InChI=1S/C26H20BBr2O4/c1-30-23-13-11-17(28)15-21(23)19-7-3-5-9-25(19)32-27-33-26-10-6-4-8-20(26)22-16-18(29)12-14-24(22)31-2/h3-16H,1-2H3. The van der Waals surface area contributed by atoms with Crippen LogP contribution < -0.4 is 18.8 Å². The number of rotatable bonds is 8. The van der Waals surface area contributed by atoms with Crippen LogP contribution in [0.3, 0.4) is 0 Å². The smallest absolute Gasteiger partial charge is 0.526 e. The number of halogens is 2. The molecule has 0 unspecified atom stereocenters. The van der Waals surface area contributed by atoms with Crippen molar-refractivity contribution in [2.45, 2.75) is 0 Å². The van der Waals surface area contributed by atoms with E-state index in [-0.39, 0.29) is 0 Å². The number of para-hydroxylation sites is 2. The first-order valence-electron chi connectivity index (χ1n) is 10.1. The van der Waals surface area contributed by atoms with Crippen molar-refractivity contribution in [3.05, 3.63) is 93.9 Å². The second kappa shape index (κ2) is 10.8. The van der Waals surface area contributed by atoms with E-state index in [2.05, 4.69) is 31.9 Å². The quantitative estimate of drug-likeness (QED) is 0.206. The predicted molar refractivity (Wildman–Crippen MR) is 139 cm³/mol. The van der Waals surface area contributed by atoms with E-state index < -0.39 is 0 Å². The largest absolute Gasteiger partial charge is 0.658 e. The van der Waals surface area contributed by atoms with E-state index >= 15 is 0 Å². The summed E-state index contributed by atoms with van der Waals surface area (Å²) in [4.78, 5) is 0. The topological polar surface area (TPSA) is 36.9 Å². The Kier molecular flexibility index (Phi) is 7.63. The van der Waals surface area contributed by atoms with Crippen LogP contribution in [0.4, 0.5) is 0 Å². The SMILES string of the molecule is COc1ccc(Br)cc1-c1ccccc1O[B]Oc1ccccc1-c1cc(Br)ccc1OC. The Bertz CT molecular complexity index is 1170. The van der Waals surface area contributed by atoms with Crippen LogP contribution in [0, 0.1) is 0 Å². The highest BCUT2D eigenvalue weighted by atomic mass is 79.9. The molecule has 0 fully saturated rings. The van der Waals surface area contributed by atoms with Gasteiger partial charge in [-0.15, -0.1) is 0 Å². The van der Waals surface area contributed by atoms with Crippen molar-refractivity contribution in [3.8, 4) is 45.3 Å². The fourth-order valence-electron chi connectivity index (χ4n) is 3.49. The predicted octanol–water partition coefficient (Wildman–Crippen LogP) is 7.55. The maximum Gasteiger partial charge on any atom is 0.658 e. The van der Waals surface area contributed by atoms with E-state index in [4.69, 9.17) is 18.8 Å². The van der Waals surface area contributed by atoms with Crippen molar-refractivity contribution in [1.82, 2.24) is 0 Å². The van der Waals surface area contributed by atoms with E-state index in [1.807, 2.05) is 84.9 Å². The third kappa shape index (κ3) is 5.37. The number of benzene rings is 4. The van der Waals surface area contributed by atoms with Crippen LogP contribution in [0.2, 0.25) is 0 Å². The zero-order chi connectivity index (χ0) is 23.2. The zero-order valence-electron chi connectivity index (χ0n) is 18.0. The highest BCUT2D eigenvalue weighted by molar-refractivity contribution is 9.10. The van der Waals surface area contributed by atoms with Crippen LogP contribution >= 0.6 is 31.9 Å². The van der Waals surface area contributed by atoms with Crippen LogP contribution in [-0.4, -0.2) is 21.9 Å². The summed E-state index contributed by atoms with van der Waals surface area (Å²) in [6, 6.07) is 27.2. The normalized spacial score (nSPS) is 10.4. The van der Waals surface area contributed by atoms with Gasteiger partial charge in [-0.05, 0) is 48.5 Å². The molecular weight excluding hydrogens is 547 g/mol. The number of methoxy groups -OCH3 is 2. The Morgan fingerprint density at radius 2 is 0.939 bits per heavy atom. The lowest BCUT2D eigenvalue weighted by Crippen LogP contribution is -2.12. The van der Waals surface area contributed by atoms with Crippen molar-refractivity contribution >= 4 is 39.5 Å². The molecule has 4 aromatic rings. The first-order valence-corrected chi connectivity index (χ1v) is 11.7. The number of hydrogen-bond acceptors (Lipinski definition) is 4. The van der Waals surface area contributed by atoms with E-state index in [1.54, 1.807) is 14.2 Å². The lowest BCUT2D eigenvalue weighted by Gasteiger charge is -2.16. The second-order valence-electron chi connectivity index (χ2n) is 7.01. The lowest BCUT2D eigenvalue weighted by molar-refractivity contribution is 0.415. The first-order chi connectivity index (χ1) is 16.1. The van der Waals surface area contributed by atoms with Gasteiger partial charge in [0.1, 0.15) is 23.0 Å². The van der Waals surface area contributed by atoms with Gasteiger partial charge in [-0.2, -0.15) is 0 Å². The molecule has 7 heteroatoms. The summed E-state index contributed by atoms with van der Waals surface area (Å²) in [6.45, 7) is 0. The molecule has 0 aliphatic rings. The first kappa shape index (κ1) is 23.3. The van der Waals surface area contributed by atoms with Crippen molar-refractivity contribution in [2.75, 3.05) is 14.2 Å². The fraction of sp³-hybridized carbons (Fsp3) is 0.0769. The van der Waals surface area contributed by atoms with E-state index in [0.29, 0.717) is 11.5 Å². The molecular formula is C26H20BBr2O4. The van der Waals surface area contributed by atoms with E-state index in [9.17, 15) is 0 Å². The molecule has 0 saturated heterocycles. The molecule has 0 saturated carbocycles. The number of ether oxygens (including phenoxy) is 2. The molecule has 0 amide bonds. The minimum atomic E-state index is 0.645.